The Morgan fingerprint density at radius 3 is 2.89 bits per heavy atom. The normalized spacial score (nSPS) is 18.2. The highest BCUT2D eigenvalue weighted by molar-refractivity contribution is 7.89. The molecule has 4 rings (SSSR count). The van der Waals surface area contributed by atoms with Gasteiger partial charge in [-0.15, -0.1) is 0 Å². The number of H-pyrrole nitrogens is 1. The van der Waals surface area contributed by atoms with E-state index < -0.39 is 10.0 Å². The molecule has 1 aliphatic rings. The molecule has 1 aliphatic heterocycles. The van der Waals surface area contributed by atoms with Crippen molar-refractivity contribution in [3.8, 4) is 0 Å². The highest BCUT2D eigenvalue weighted by Gasteiger charge is 2.31. The van der Waals surface area contributed by atoms with Crippen LogP contribution in [0.15, 0.2) is 53.6 Å². The Kier molecular flexibility index (Phi) is 4.91. The first kappa shape index (κ1) is 18.6. The highest BCUT2D eigenvalue weighted by atomic mass is 32.2. The zero-order valence-electron chi connectivity index (χ0n) is 15.6. The Bertz CT molecular complexity index is 1120. The van der Waals surface area contributed by atoms with Crippen LogP contribution in [0.1, 0.15) is 36.5 Å². The Morgan fingerprint density at radius 1 is 1.21 bits per heavy atom. The first-order valence-electron chi connectivity index (χ1n) is 9.31. The molecule has 2 N–H and O–H groups in total. The van der Waals surface area contributed by atoms with Crippen LogP contribution >= 0.6 is 0 Å². The number of carbonyl (C=O) groups excluding carboxylic acids is 1. The molecular weight excluding hydrogens is 376 g/mol. The summed E-state index contributed by atoms with van der Waals surface area (Å²) in [5.41, 5.74) is 1.80. The molecule has 1 amide bonds. The maximum absolute atomic E-state index is 13.0. The molecule has 0 bridgehead atoms. The molecule has 1 saturated heterocycles. The second-order valence-corrected chi connectivity index (χ2v) is 9.01. The van der Waals surface area contributed by atoms with E-state index in [1.807, 2.05) is 19.1 Å². The van der Waals surface area contributed by atoms with Gasteiger partial charge in [0.2, 0.25) is 10.0 Å². The maximum atomic E-state index is 13.0. The second kappa shape index (κ2) is 7.37. The van der Waals surface area contributed by atoms with Gasteiger partial charge in [-0.2, -0.15) is 9.40 Å². The number of hydrogen-bond acceptors (Lipinski definition) is 4. The van der Waals surface area contributed by atoms with Crippen LogP contribution in [0, 0.1) is 0 Å². The van der Waals surface area contributed by atoms with Gasteiger partial charge in [-0.05, 0) is 56.2 Å². The quantitative estimate of drug-likeness (QED) is 0.704. The van der Waals surface area contributed by atoms with E-state index in [9.17, 15) is 13.2 Å². The number of benzene rings is 2. The lowest BCUT2D eigenvalue weighted by Gasteiger charge is -2.32. The zero-order valence-corrected chi connectivity index (χ0v) is 16.4. The van der Waals surface area contributed by atoms with Crippen molar-refractivity contribution in [3.05, 3.63) is 54.2 Å². The number of amides is 1. The summed E-state index contributed by atoms with van der Waals surface area (Å²) in [6.45, 7) is 2.45. The average molecular weight is 398 g/mol. The van der Waals surface area contributed by atoms with Crippen molar-refractivity contribution >= 4 is 32.5 Å². The summed E-state index contributed by atoms with van der Waals surface area (Å²) in [6, 6.07) is 11.6. The summed E-state index contributed by atoms with van der Waals surface area (Å²) in [5.74, 6) is -0.355. The molecule has 2 heterocycles. The third kappa shape index (κ3) is 3.53. The molecular formula is C20H22N4O3S. The van der Waals surface area contributed by atoms with Crippen LogP contribution in [-0.2, 0) is 10.0 Å². The molecule has 0 saturated carbocycles. The summed E-state index contributed by atoms with van der Waals surface area (Å²) in [5, 5.41) is 10.5. The fourth-order valence-corrected chi connectivity index (χ4v) is 5.33. The summed E-state index contributed by atoms with van der Waals surface area (Å²) in [4.78, 5) is 12.8. The maximum Gasteiger partial charge on any atom is 0.255 e. The monoisotopic (exact) mass is 398 g/mol. The molecule has 3 aromatic rings. The molecule has 28 heavy (non-hydrogen) atoms. The van der Waals surface area contributed by atoms with Gasteiger partial charge < -0.3 is 5.32 Å². The zero-order chi connectivity index (χ0) is 19.7. The van der Waals surface area contributed by atoms with E-state index in [4.69, 9.17) is 0 Å². The van der Waals surface area contributed by atoms with Crippen molar-refractivity contribution < 1.29 is 13.2 Å². The second-order valence-electron chi connectivity index (χ2n) is 7.11. The minimum absolute atomic E-state index is 0.0297. The number of nitrogens with one attached hydrogen (secondary N) is 2. The van der Waals surface area contributed by atoms with Crippen LogP contribution in [0.4, 0.5) is 5.69 Å². The van der Waals surface area contributed by atoms with E-state index in [-0.39, 0.29) is 16.8 Å². The van der Waals surface area contributed by atoms with Gasteiger partial charge in [0, 0.05) is 29.2 Å². The van der Waals surface area contributed by atoms with E-state index in [2.05, 4.69) is 15.5 Å². The Hall–Kier alpha value is -2.71. The number of sulfonamides is 1. The topological polar surface area (TPSA) is 95.2 Å². The van der Waals surface area contributed by atoms with Crippen molar-refractivity contribution in [2.45, 2.75) is 37.1 Å². The number of carbonyl (C=O) groups is 1. The molecule has 146 valence electrons. The third-order valence-corrected chi connectivity index (χ3v) is 7.15. The molecule has 8 heteroatoms. The van der Waals surface area contributed by atoms with Gasteiger partial charge in [-0.25, -0.2) is 8.42 Å². The largest absolute Gasteiger partial charge is 0.322 e. The van der Waals surface area contributed by atoms with Gasteiger partial charge in [0.25, 0.3) is 5.91 Å². The standard InChI is InChI=1S/C20H22N4O3S/c1-14-5-2-3-10-24(14)28(26,27)18-7-4-6-15(12-18)20(25)22-17-8-9-19-16(11-17)13-21-23-19/h4,6-9,11-14H,2-3,5,10H2,1H3,(H,21,23)(H,22,25). The van der Waals surface area contributed by atoms with Gasteiger partial charge in [0.05, 0.1) is 16.6 Å². The number of aromatic amines is 1. The van der Waals surface area contributed by atoms with Crippen molar-refractivity contribution in [1.29, 1.82) is 0 Å². The molecule has 7 nitrogen and oxygen atoms in total. The minimum atomic E-state index is -3.62. The van der Waals surface area contributed by atoms with E-state index in [1.165, 1.54) is 6.07 Å². The number of hydrogen-bond donors (Lipinski definition) is 2. The van der Waals surface area contributed by atoms with Crippen molar-refractivity contribution in [2.75, 3.05) is 11.9 Å². The van der Waals surface area contributed by atoms with Crippen molar-refractivity contribution in [1.82, 2.24) is 14.5 Å². The Balaban J connectivity index is 1.58. The first-order valence-corrected chi connectivity index (χ1v) is 10.8. The predicted octanol–water partition coefficient (Wildman–Crippen LogP) is 3.38. The Labute approximate surface area is 163 Å². The fraction of sp³-hybridized carbons (Fsp3) is 0.300. The van der Waals surface area contributed by atoms with Crippen LogP contribution in [0.2, 0.25) is 0 Å². The number of anilines is 1. The van der Waals surface area contributed by atoms with Gasteiger partial charge in [0.15, 0.2) is 0 Å². The minimum Gasteiger partial charge on any atom is -0.322 e. The molecule has 1 atom stereocenters. The average Bonchev–Trinajstić information content (AvgIpc) is 3.16. The summed E-state index contributed by atoms with van der Waals surface area (Å²) >= 11 is 0. The van der Waals surface area contributed by atoms with E-state index in [0.717, 1.165) is 30.2 Å². The van der Waals surface area contributed by atoms with Crippen LogP contribution in [0.3, 0.4) is 0 Å². The molecule has 2 aromatic carbocycles. The lowest BCUT2D eigenvalue weighted by Crippen LogP contribution is -2.41. The van der Waals surface area contributed by atoms with Crippen LogP contribution in [0.25, 0.3) is 10.9 Å². The van der Waals surface area contributed by atoms with Gasteiger partial charge in [0.1, 0.15) is 0 Å². The summed E-state index contributed by atoms with van der Waals surface area (Å²) in [7, 11) is -3.62. The van der Waals surface area contributed by atoms with Gasteiger partial charge in [-0.1, -0.05) is 12.5 Å². The van der Waals surface area contributed by atoms with E-state index in [1.54, 1.807) is 34.8 Å². The van der Waals surface area contributed by atoms with Crippen LogP contribution in [0.5, 0.6) is 0 Å². The summed E-state index contributed by atoms with van der Waals surface area (Å²) in [6.07, 6.45) is 4.44. The van der Waals surface area contributed by atoms with Crippen molar-refractivity contribution in [2.24, 2.45) is 0 Å². The van der Waals surface area contributed by atoms with Gasteiger partial charge >= 0.3 is 0 Å². The smallest absolute Gasteiger partial charge is 0.255 e. The van der Waals surface area contributed by atoms with Gasteiger partial charge in [-0.3, -0.25) is 9.89 Å². The number of fused-ring (bicyclic) bond motifs is 1. The van der Waals surface area contributed by atoms with E-state index in [0.29, 0.717) is 17.8 Å². The molecule has 1 fully saturated rings. The lowest BCUT2D eigenvalue weighted by atomic mass is 10.1. The molecule has 0 radical (unpaired) electrons. The fourth-order valence-electron chi connectivity index (χ4n) is 3.59. The molecule has 1 aromatic heterocycles. The predicted molar refractivity (Wildman–Crippen MR) is 108 cm³/mol. The summed E-state index contributed by atoms with van der Waals surface area (Å²) < 4.78 is 27.6. The van der Waals surface area contributed by atoms with Crippen LogP contribution in [-0.4, -0.2) is 41.4 Å². The SMILES string of the molecule is CC1CCCCN1S(=O)(=O)c1cccc(C(=O)Nc2ccc3[nH]ncc3c2)c1. The first-order chi connectivity index (χ1) is 13.4. The number of piperidine rings is 1. The number of nitrogens with zero attached hydrogens (tertiary/aromatic N) is 2. The lowest BCUT2D eigenvalue weighted by molar-refractivity contribution is 0.102. The molecule has 0 aliphatic carbocycles. The number of aromatic nitrogens is 2. The van der Waals surface area contributed by atoms with Crippen LogP contribution < -0.4 is 5.32 Å². The Morgan fingerprint density at radius 2 is 2.07 bits per heavy atom. The molecule has 1 unspecified atom stereocenters. The number of rotatable bonds is 4. The highest BCUT2D eigenvalue weighted by Crippen LogP contribution is 2.26. The van der Waals surface area contributed by atoms with E-state index >= 15 is 0 Å². The molecule has 0 spiro atoms. The third-order valence-electron chi connectivity index (χ3n) is 5.14. The van der Waals surface area contributed by atoms with Crippen molar-refractivity contribution in [3.63, 3.8) is 0 Å².